The first-order chi connectivity index (χ1) is 9.10. The molecule has 4 heteroatoms. The van der Waals surface area contributed by atoms with Crippen molar-refractivity contribution in [2.45, 2.75) is 11.2 Å². The van der Waals surface area contributed by atoms with Crippen LogP contribution in [-0.2, 0) is 6.42 Å². The third kappa shape index (κ3) is 3.98. The lowest BCUT2D eigenvalue weighted by atomic mass is 10.0. The molecule has 0 aliphatic carbocycles. The molecule has 0 heterocycles. The molecular weight excluding hydrogens is 391 g/mol. The Morgan fingerprint density at radius 2 is 1.84 bits per heavy atom. The molecule has 0 amide bonds. The van der Waals surface area contributed by atoms with Gasteiger partial charge < -0.3 is 4.74 Å². The van der Waals surface area contributed by atoms with Crippen molar-refractivity contribution in [3.63, 3.8) is 0 Å². The Labute approximate surface area is 135 Å². The van der Waals surface area contributed by atoms with Crippen LogP contribution in [-0.4, -0.2) is 7.11 Å². The summed E-state index contributed by atoms with van der Waals surface area (Å²) in [7, 11) is 1.64. The van der Waals surface area contributed by atoms with Crippen LogP contribution >= 0.6 is 43.5 Å². The van der Waals surface area contributed by atoms with E-state index < -0.39 is 0 Å². The van der Waals surface area contributed by atoms with Crippen LogP contribution in [0.25, 0.3) is 0 Å². The van der Waals surface area contributed by atoms with Crippen molar-refractivity contribution >= 4 is 43.5 Å². The lowest BCUT2D eigenvalue weighted by Crippen LogP contribution is -1.97. The molecule has 0 N–H and O–H groups in total. The number of methoxy groups -OCH3 is 1. The first kappa shape index (κ1) is 14.9. The lowest BCUT2D eigenvalue weighted by Gasteiger charge is -2.13. The molecular formula is C15H13Br2ClO. The Hall–Kier alpha value is -0.510. The van der Waals surface area contributed by atoms with E-state index in [0.29, 0.717) is 0 Å². The van der Waals surface area contributed by atoms with Crippen LogP contribution in [0.3, 0.4) is 0 Å². The van der Waals surface area contributed by atoms with Gasteiger partial charge in [-0.1, -0.05) is 61.7 Å². The van der Waals surface area contributed by atoms with E-state index in [1.807, 2.05) is 30.3 Å². The van der Waals surface area contributed by atoms with Crippen molar-refractivity contribution in [3.8, 4) is 5.75 Å². The van der Waals surface area contributed by atoms with Gasteiger partial charge in [0.15, 0.2) is 0 Å². The van der Waals surface area contributed by atoms with Crippen LogP contribution in [0.4, 0.5) is 0 Å². The van der Waals surface area contributed by atoms with Crippen LogP contribution in [0.15, 0.2) is 46.9 Å². The number of halogens is 3. The van der Waals surface area contributed by atoms with Gasteiger partial charge in [0.05, 0.1) is 7.11 Å². The Balaban J connectivity index is 2.15. The lowest BCUT2D eigenvalue weighted by molar-refractivity contribution is 0.414. The van der Waals surface area contributed by atoms with E-state index in [9.17, 15) is 0 Å². The van der Waals surface area contributed by atoms with Crippen molar-refractivity contribution < 1.29 is 4.74 Å². The maximum atomic E-state index is 6.28. The van der Waals surface area contributed by atoms with E-state index in [-0.39, 0.29) is 4.83 Å². The van der Waals surface area contributed by atoms with Crippen molar-refractivity contribution in [2.24, 2.45) is 0 Å². The maximum Gasteiger partial charge on any atom is 0.120 e. The number of alkyl halides is 1. The zero-order valence-electron chi connectivity index (χ0n) is 10.4. The fourth-order valence-corrected chi connectivity index (χ4v) is 3.30. The predicted octanol–water partition coefficient (Wildman–Crippen LogP) is 5.79. The molecule has 0 fully saturated rings. The summed E-state index contributed by atoms with van der Waals surface area (Å²) in [5.41, 5.74) is 2.34. The highest BCUT2D eigenvalue weighted by atomic mass is 79.9. The number of rotatable bonds is 4. The average molecular weight is 405 g/mol. The SMILES string of the molecule is COc1ccc(C(Br)Cc2ccc(Br)cc2)c(Cl)c1. The smallest absolute Gasteiger partial charge is 0.120 e. The summed E-state index contributed by atoms with van der Waals surface area (Å²) in [5, 5.41) is 0.721. The molecule has 0 aromatic heterocycles. The second kappa shape index (κ2) is 6.78. The second-order valence-electron chi connectivity index (χ2n) is 4.19. The highest BCUT2D eigenvalue weighted by Gasteiger charge is 2.13. The molecule has 1 atom stereocenters. The van der Waals surface area contributed by atoms with Gasteiger partial charge in [0, 0.05) is 14.3 Å². The zero-order chi connectivity index (χ0) is 13.8. The summed E-state index contributed by atoms with van der Waals surface area (Å²) < 4.78 is 6.24. The minimum Gasteiger partial charge on any atom is -0.497 e. The van der Waals surface area contributed by atoms with Crippen molar-refractivity contribution in [3.05, 3.63) is 63.1 Å². The normalized spacial score (nSPS) is 12.2. The molecule has 0 aliphatic heterocycles. The summed E-state index contributed by atoms with van der Waals surface area (Å²) in [4.78, 5) is 0.187. The second-order valence-corrected chi connectivity index (χ2v) is 6.61. The molecule has 2 rings (SSSR count). The van der Waals surface area contributed by atoms with Gasteiger partial charge >= 0.3 is 0 Å². The molecule has 0 saturated carbocycles. The highest BCUT2D eigenvalue weighted by Crippen LogP contribution is 2.34. The highest BCUT2D eigenvalue weighted by molar-refractivity contribution is 9.10. The first-order valence-corrected chi connectivity index (χ1v) is 7.91. The van der Waals surface area contributed by atoms with Gasteiger partial charge in [0.1, 0.15) is 5.75 Å². The summed E-state index contributed by atoms with van der Waals surface area (Å²) in [6.07, 6.45) is 0.888. The van der Waals surface area contributed by atoms with Gasteiger partial charge in [-0.25, -0.2) is 0 Å². The number of hydrogen-bond donors (Lipinski definition) is 0. The monoisotopic (exact) mass is 402 g/mol. The fourth-order valence-electron chi connectivity index (χ4n) is 1.83. The standard InChI is InChI=1S/C15H13Br2ClO/c1-19-12-6-7-13(15(18)9-12)14(17)8-10-2-4-11(16)5-3-10/h2-7,9,14H,8H2,1H3. The molecule has 0 aliphatic rings. The van der Waals surface area contributed by atoms with Crippen LogP contribution in [0.5, 0.6) is 5.75 Å². The van der Waals surface area contributed by atoms with Crippen molar-refractivity contribution in [1.29, 1.82) is 0 Å². The molecule has 0 radical (unpaired) electrons. The Bertz CT molecular complexity index is 555. The molecule has 1 nitrogen and oxygen atoms in total. The molecule has 19 heavy (non-hydrogen) atoms. The Morgan fingerprint density at radius 1 is 1.16 bits per heavy atom. The maximum absolute atomic E-state index is 6.28. The van der Waals surface area contributed by atoms with Gasteiger partial charge in [0.2, 0.25) is 0 Å². The van der Waals surface area contributed by atoms with Gasteiger partial charge in [-0.2, -0.15) is 0 Å². The summed E-state index contributed by atoms with van der Waals surface area (Å²) in [6.45, 7) is 0. The summed E-state index contributed by atoms with van der Waals surface area (Å²) in [6, 6.07) is 14.1. The average Bonchev–Trinajstić information content (AvgIpc) is 2.41. The van der Waals surface area contributed by atoms with Crippen molar-refractivity contribution in [2.75, 3.05) is 7.11 Å². The molecule has 0 spiro atoms. The molecule has 100 valence electrons. The quantitative estimate of drug-likeness (QED) is 0.586. The van der Waals surface area contributed by atoms with Crippen molar-refractivity contribution in [1.82, 2.24) is 0 Å². The van der Waals surface area contributed by atoms with Gasteiger partial charge in [-0.3, -0.25) is 0 Å². The van der Waals surface area contributed by atoms with Gasteiger partial charge in [0.25, 0.3) is 0 Å². The largest absolute Gasteiger partial charge is 0.497 e. The molecule has 2 aromatic rings. The number of benzene rings is 2. The van der Waals surface area contributed by atoms with E-state index in [0.717, 1.165) is 27.2 Å². The molecule has 2 aromatic carbocycles. The van der Waals surface area contributed by atoms with Crippen LogP contribution in [0.2, 0.25) is 5.02 Å². The molecule has 1 unspecified atom stereocenters. The minimum absolute atomic E-state index is 0.187. The minimum atomic E-state index is 0.187. The van der Waals surface area contributed by atoms with Gasteiger partial charge in [-0.15, -0.1) is 0 Å². The van der Waals surface area contributed by atoms with Crippen LogP contribution < -0.4 is 4.74 Å². The predicted molar refractivity (Wildman–Crippen MR) is 87.5 cm³/mol. The Morgan fingerprint density at radius 3 is 2.42 bits per heavy atom. The van der Waals surface area contributed by atoms with E-state index in [1.54, 1.807) is 7.11 Å². The van der Waals surface area contributed by atoms with E-state index in [2.05, 4.69) is 44.0 Å². The first-order valence-electron chi connectivity index (χ1n) is 5.82. The van der Waals surface area contributed by atoms with E-state index in [4.69, 9.17) is 16.3 Å². The number of ether oxygens (including phenoxy) is 1. The molecule has 0 bridgehead atoms. The zero-order valence-corrected chi connectivity index (χ0v) is 14.3. The summed E-state index contributed by atoms with van der Waals surface area (Å²) in [5.74, 6) is 0.775. The summed E-state index contributed by atoms with van der Waals surface area (Å²) >= 11 is 13.4. The van der Waals surface area contributed by atoms with Gasteiger partial charge in [-0.05, 0) is 41.8 Å². The Kier molecular flexibility index (Phi) is 5.31. The van der Waals surface area contributed by atoms with Crippen LogP contribution in [0, 0.1) is 0 Å². The third-order valence-corrected chi connectivity index (χ3v) is 4.55. The third-order valence-electron chi connectivity index (χ3n) is 2.87. The molecule has 0 saturated heterocycles. The van der Waals surface area contributed by atoms with E-state index >= 15 is 0 Å². The number of hydrogen-bond acceptors (Lipinski definition) is 1. The fraction of sp³-hybridized carbons (Fsp3) is 0.200. The van der Waals surface area contributed by atoms with Crippen LogP contribution in [0.1, 0.15) is 16.0 Å². The van der Waals surface area contributed by atoms with E-state index in [1.165, 1.54) is 5.56 Å². The topological polar surface area (TPSA) is 9.23 Å².